The van der Waals surface area contributed by atoms with Gasteiger partial charge in [-0.15, -0.1) is 0 Å². The molecule has 104 valence electrons. The van der Waals surface area contributed by atoms with Crippen LogP contribution in [0.3, 0.4) is 0 Å². The van der Waals surface area contributed by atoms with Crippen molar-refractivity contribution < 1.29 is 0 Å². The molecule has 1 nitrogen and oxygen atoms in total. The van der Waals surface area contributed by atoms with Crippen molar-refractivity contribution in [3.05, 3.63) is 35.4 Å². The summed E-state index contributed by atoms with van der Waals surface area (Å²) in [5.74, 6) is 2.27. The minimum atomic E-state index is 0.706. The van der Waals surface area contributed by atoms with Crippen molar-refractivity contribution in [1.29, 1.82) is 0 Å². The molecular formula is C18H27N. The lowest BCUT2D eigenvalue weighted by molar-refractivity contribution is 0.406. The molecule has 0 radical (unpaired) electrons. The lowest BCUT2D eigenvalue weighted by atomic mass is 9.78. The van der Waals surface area contributed by atoms with Crippen molar-refractivity contribution in [2.75, 3.05) is 6.54 Å². The van der Waals surface area contributed by atoms with Crippen LogP contribution in [0.1, 0.15) is 74.3 Å². The van der Waals surface area contributed by atoms with Gasteiger partial charge >= 0.3 is 0 Å². The van der Waals surface area contributed by atoms with E-state index in [4.69, 9.17) is 5.73 Å². The lowest BCUT2D eigenvalue weighted by Crippen LogP contribution is -2.21. The van der Waals surface area contributed by atoms with Gasteiger partial charge in [0.15, 0.2) is 0 Å². The predicted octanol–water partition coefficient (Wildman–Crippen LogP) is 4.58. The summed E-state index contributed by atoms with van der Waals surface area (Å²) < 4.78 is 0. The largest absolute Gasteiger partial charge is 0.330 e. The molecule has 0 saturated heterocycles. The molecule has 2 N–H and O–H groups in total. The topological polar surface area (TPSA) is 26.0 Å². The van der Waals surface area contributed by atoms with Gasteiger partial charge in [0.25, 0.3) is 0 Å². The Labute approximate surface area is 117 Å². The number of hydrogen-bond acceptors (Lipinski definition) is 1. The van der Waals surface area contributed by atoms with Crippen LogP contribution in [-0.4, -0.2) is 6.54 Å². The monoisotopic (exact) mass is 257 g/mol. The Morgan fingerprint density at radius 1 is 0.789 bits per heavy atom. The quantitative estimate of drug-likeness (QED) is 0.788. The molecule has 1 aromatic rings. The second-order valence-electron chi connectivity index (χ2n) is 6.53. The lowest BCUT2D eigenvalue weighted by Gasteiger charge is -2.28. The van der Waals surface area contributed by atoms with E-state index in [1.54, 1.807) is 11.1 Å². The summed E-state index contributed by atoms with van der Waals surface area (Å²) in [6, 6.07) is 9.56. The van der Waals surface area contributed by atoms with Crippen molar-refractivity contribution in [2.45, 2.75) is 63.2 Å². The minimum Gasteiger partial charge on any atom is -0.330 e. The van der Waals surface area contributed by atoms with E-state index < -0.39 is 0 Å². The Balaban J connectivity index is 1.75. The summed E-state index contributed by atoms with van der Waals surface area (Å²) in [7, 11) is 0. The predicted molar refractivity (Wildman–Crippen MR) is 81.4 cm³/mol. The smallest absolute Gasteiger partial charge is 0.00430 e. The first-order valence-corrected chi connectivity index (χ1v) is 8.18. The summed E-state index contributed by atoms with van der Waals surface area (Å²) in [6.07, 6.45) is 11.0. The molecule has 2 atom stereocenters. The molecule has 2 saturated carbocycles. The van der Waals surface area contributed by atoms with Gasteiger partial charge in [0, 0.05) is 0 Å². The van der Waals surface area contributed by atoms with Crippen molar-refractivity contribution in [3.8, 4) is 0 Å². The summed E-state index contributed by atoms with van der Waals surface area (Å²) in [5.41, 5.74) is 9.11. The molecule has 1 heteroatoms. The van der Waals surface area contributed by atoms with E-state index >= 15 is 0 Å². The van der Waals surface area contributed by atoms with Gasteiger partial charge in [-0.2, -0.15) is 0 Å². The first-order chi connectivity index (χ1) is 9.38. The maximum atomic E-state index is 6.01. The molecule has 2 aliphatic carbocycles. The van der Waals surface area contributed by atoms with E-state index in [1.165, 1.54) is 51.4 Å². The maximum Gasteiger partial charge on any atom is -0.00430 e. The van der Waals surface area contributed by atoms with Crippen LogP contribution >= 0.6 is 0 Å². The van der Waals surface area contributed by atoms with Crippen molar-refractivity contribution in [3.63, 3.8) is 0 Å². The number of nitrogens with two attached hydrogens (primary N) is 1. The summed E-state index contributed by atoms with van der Waals surface area (Å²) in [5, 5.41) is 0. The molecule has 0 heterocycles. The van der Waals surface area contributed by atoms with Gasteiger partial charge < -0.3 is 5.73 Å². The van der Waals surface area contributed by atoms with Gasteiger partial charge in [-0.25, -0.2) is 0 Å². The van der Waals surface area contributed by atoms with Gasteiger partial charge in [0.1, 0.15) is 0 Å². The molecule has 1 aromatic carbocycles. The Kier molecular flexibility index (Phi) is 4.22. The molecule has 0 amide bonds. The maximum absolute atomic E-state index is 6.01. The highest BCUT2D eigenvalue weighted by Crippen LogP contribution is 2.39. The molecule has 2 unspecified atom stereocenters. The Morgan fingerprint density at radius 2 is 1.47 bits per heavy atom. The number of benzene rings is 1. The Morgan fingerprint density at radius 3 is 2.11 bits per heavy atom. The van der Waals surface area contributed by atoms with Gasteiger partial charge in [-0.3, -0.25) is 0 Å². The summed E-state index contributed by atoms with van der Waals surface area (Å²) >= 11 is 0. The van der Waals surface area contributed by atoms with Crippen LogP contribution in [0.25, 0.3) is 0 Å². The normalized spacial score (nSPS) is 28.7. The van der Waals surface area contributed by atoms with Crippen molar-refractivity contribution in [1.82, 2.24) is 0 Å². The first kappa shape index (κ1) is 13.2. The zero-order chi connectivity index (χ0) is 13.1. The molecule has 3 rings (SSSR count). The van der Waals surface area contributed by atoms with E-state index in [0.29, 0.717) is 11.8 Å². The van der Waals surface area contributed by atoms with Crippen LogP contribution in [-0.2, 0) is 0 Å². The first-order valence-electron chi connectivity index (χ1n) is 8.18. The molecule has 0 bridgehead atoms. The van der Waals surface area contributed by atoms with Crippen molar-refractivity contribution >= 4 is 0 Å². The van der Waals surface area contributed by atoms with Crippen LogP contribution in [0.15, 0.2) is 24.3 Å². The zero-order valence-electron chi connectivity index (χ0n) is 12.0. The third-order valence-corrected chi connectivity index (χ3v) is 5.40. The fourth-order valence-electron chi connectivity index (χ4n) is 3.86. The van der Waals surface area contributed by atoms with Crippen LogP contribution in [0, 0.1) is 5.92 Å². The fraction of sp³-hybridized carbons (Fsp3) is 0.667. The van der Waals surface area contributed by atoms with Crippen LogP contribution in [0.5, 0.6) is 0 Å². The molecule has 2 aliphatic rings. The molecule has 2 fully saturated rings. The van der Waals surface area contributed by atoms with Crippen molar-refractivity contribution in [2.24, 2.45) is 11.7 Å². The molecule has 19 heavy (non-hydrogen) atoms. The molecular weight excluding hydrogens is 230 g/mol. The summed E-state index contributed by atoms with van der Waals surface area (Å²) in [4.78, 5) is 0. The molecule has 0 spiro atoms. The third-order valence-electron chi connectivity index (χ3n) is 5.40. The second kappa shape index (κ2) is 6.09. The van der Waals surface area contributed by atoms with E-state index in [0.717, 1.165) is 12.5 Å². The second-order valence-corrected chi connectivity index (χ2v) is 6.53. The highest BCUT2D eigenvalue weighted by molar-refractivity contribution is 5.29. The third kappa shape index (κ3) is 2.86. The van der Waals surface area contributed by atoms with E-state index in [2.05, 4.69) is 24.3 Å². The Hall–Kier alpha value is -0.820. The number of rotatable bonds is 3. The number of hydrogen-bond donors (Lipinski definition) is 1. The average Bonchev–Trinajstić information content (AvgIpc) is 2.62. The van der Waals surface area contributed by atoms with Crippen LogP contribution < -0.4 is 5.73 Å². The highest BCUT2D eigenvalue weighted by Gasteiger charge is 2.25. The van der Waals surface area contributed by atoms with Crippen LogP contribution in [0.4, 0.5) is 0 Å². The SMILES string of the molecule is NCC1CCCCCC1c1ccc(C2CCC2)cc1. The van der Waals surface area contributed by atoms with Gasteiger partial charge in [-0.05, 0) is 61.1 Å². The molecule has 0 aliphatic heterocycles. The van der Waals surface area contributed by atoms with Crippen LogP contribution in [0.2, 0.25) is 0 Å². The van der Waals surface area contributed by atoms with Gasteiger partial charge in [0.2, 0.25) is 0 Å². The van der Waals surface area contributed by atoms with E-state index in [9.17, 15) is 0 Å². The average molecular weight is 257 g/mol. The minimum absolute atomic E-state index is 0.706. The van der Waals surface area contributed by atoms with E-state index in [-0.39, 0.29) is 0 Å². The highest BCUT2D eigenvalue weighted by atomic mass is 14.6. The standard InChI is InChI=1S/C18H27N/c19-13-17-5-2-1-3-8-18(17)16-11-9-15(10-12-16)14-6-4-7-14/h9-12,14,17-18H,1-8,13,19H2. The van der Waals surface area contributed by atoms with Gasteiger partial charge in [-0.1, -0.05) is 49.9 Å². The summed E-state index contributed by atoms with van der Waals surface area (Å²) in [6.45, 7) is 0.856. The zero-order valence-corrected chi connectivity index (χ0v) is 12.0. The Bertz CT molecular complexity index is 391. The van der Waals surface area contributed by atoms with Gasteiger partial charge in [0.05, 0.1) is 0 Å². The molecule has 0 aromatic heterocycles. The fourth-order valence-corrected chi connectivity index (χ4v) is 3.86. The van der Waals surface area contributed by atoms with E-state index in [1.807, 2.05) is 0 Å².